The number of hydrogen-bond donors (Lipinski definition) is 2. The van der Waals surface area contributed by atoms with Crippen molar-refractivity contribution in [2.24, 2.45) is 7.05 Å². The first-order valence-electron chi connectivity index (χ1n) is 17.4. The van der Waals surface area contributed by atoms with Crippen LogP contribution in [0.15, 0.2) is 51.8 Å². The summed E-state index contributed by atoms with van der Waals surface area (Å²) in [5.41, 5.74) is 2.90. The number of pyridine rings is 1. The third kappa shape index (κ3) is 6.54. The van der Waals surface area contributed by atoms with E-state index in [4.69, 9.17) is 13.9 Å². The lowest BCUT2D eigenvalue weighted by Crippen LogP contribution is -2.58. The highest BCUT2D eigenvalue weighted by atomic mass is 19.3. The summed E-state index contributed by atoms with van der Waals surface area (Å²) in [5, 5.41) is 4.79. The maximum absolute atomic E-state index is 15.8. The number of benzene rings is 2. The molecule has 0 bridgehead atoms. The Morgan fingerprint density at radius 3 is 2.41 bits per heavy atom. The van der Waals surface area contributed by atoms with E-state index in [1.807, 2.05) is 19.0 Å². The number of alkyl halides is 2. The van der Waals surface area contributed by atoms with Crippen LogP contribution in [-0.2, 0) is 29.7 Å². The standard InChI is InChI=1S/C38H40F2N6O8/c1-43(2)17-26-28(52-4)12-21(13-29(26)53-5)25-18-44(3)36(50)24-15-30(54-33(24)25)35(49)41-31-10-11-45(19-38(31,39)40)22-7-6-20-16-46(37(51)23(20)14-22)27-8-9-32(47)42-34(27)48/h6-7,12-15,18,27,31H,8-11,16-17,19H2,1-5H3,(H,41,49)(H,42,47,48). The van der Waals surface area contributed by atoms with Crippen molar-refractivity contribution in [2.45, 2.75) is 50.4 Å². The number of nitrogens with one attached hydrogen (secondary N) is 2. The van der Waals surface area contributed by atoms with Gasteiger partial charge in [-0.25, -0.2) is 8.78 Å². The molecule has 2 unspecified atom stereocenters. The Labute approximate surface area is 308 Å². The zero-order valence-electron chi connectivity index (χ0n) is 30.5. The second kappa shape index (κ2) is 13.9. The second-order valence-electron chi connectivity index (χ2n) is 14.1. The molecule has 5 heterocycles. The van der Waals surface area contributed by atoms with Crippen LogP contribution in [-0.4, -0.2) is 97.4 Å². The van der Waals surface area contributed by atoms with Gasteiger partial charge in [0.15, 0.2) is 5.76 Å². The zero-order valence-corrected chi connectivity index (χ0v) is 30.5. The van der Waals surface area contributed by atoms with Gasteiger partial charge in [-0.2, -0.15) is 0 Å². The highest BCUT2D eigenvalue weighted by Gasteiger charge is 2.46. The van der Waals surface area contributed by atoms with Crippen LogP contribution in [0.25, 0.3) is 22.1 Å². The first kappa shape index (κ1) is 36.6. The normalized spacial score (nSPS) is 19.7. The molecule has 0 aliphatic carbocycles. The van der Waals surface area contributed by atoms with Gasteiger partial charge in [0.25, 0.3) is 23.3 Å². The minimum atomic E-state index is -3.38. The van der Waals surface area contributed by atoms with E-state index in [0.717, 1.165) is 5.56 Å². The van der Waals surface area contributed by atoms with Crippen molar-refractivity contribution in [3.63, 3.8) is 0 Å². The summed E-state index contributed by atoms with van der Waals surface area (Å²) < 4.78 is 50.2. The van der Waals surface area contributed by atoms with E-state index >= 15 is 8.78 Å². The van der Waals surface area contributed by atoms with Gasteiger partial charge in [-0.15, -0.1) is 0 Å². The number of ether oxygens (including phenoxy) is 2. The van der Waals surface area contributed by atoms with E-state index in [2.05, 4.69) is 10.6 Å². The average Bonchev–Trinajstić information content (AvgIpc) is 3.72. The molecular formula is C38H40F2N6O8. The molecule has 16 heteroatoms. The predicted molar refractivity (Wildman–Crippen MR) is 193 cm³/mol. The number of amides is 4. The summed E-state index contributed by atoms with van der Waals surface area (Å²) in [4.78, 5) is 68.8. The number of nitrogens with zero attached hydrogens (tertiary/aromatic N) is 4. The Balaban J connectivity index is 1.09. The van der Waals surface area contributed by atoms with Gasteiger partial charge in [-0.1, -0.05) is 6.07 Å². The van der Waals surface area contributed by atoms with Crippen LogP contribution in [0.3, 0.4) is 0 Å². The number of imide groups is 1. The van der Waals surface area contributed by atoms with Crippen molar-refractivity contribution in [1.29, 1.82) is 0 Å². The number of fused-ring (bicyclic) bond motifs is 2. The summed E-state index contributed by atoms with van der Waals surface area (Å²) in [5.74, 6) is -4.82. The minimum absolute atomic E-state index is 0.0966. The summed E-state index contributed by atoms with van der Waals surface area (Å²) >= 11 is 0. The fraction of sp³-hybridized carbons (Fsp3) is 0.395. The Morgan fingerprint density at radius 1 is 1.04 bits per heavy atom. The van der Waals surface area contributed by atoms with Gasteiger partial charge in [-0.05, 0) is 62.3 Å². The number of furan rings is 1. The maximum atomic E-state index is 15.8. The van der Waals surface area contributed by atoms with Crippen LogP contribution in [0, 0.1) is 0 Å². The second-order valence-corrected chi connectivity index (χ2v) is 14.1. The number of anilines is 1. The lowest BCUT2D eigenvalue weighted by molar-refractivity contribution is -0.136. The molecule has 0 saturated carbocycles. The van der Waals surface area contributed by atoms with Gasteiger partial charge in [0.05, 0.1) is 37.8 Å². The predicted octanol–water partition coefficient (Wildman–Crippen LogP) is 3.28. The molecule has 0 radical (unpaired) electrons. The fourth-order valence-electron chi connectivity index (χ4n) is 7.49. The number of aromatic nitrogens is 1. The number of carbonyl (C=O) groups is 4. The largest absolute Gasteiger partial charge is 0.496 e. The van der Waals surface area contributed by atoms with Crippen molar-refractivity contribution < 1.29 is 41.8 Å². The quantitative estimate of drug-likeness (QED) is 0.244. The maximum Gasteiger partial charge on any atom is 0.287 e. The smallest absolute Gasteiger partial charge is 0.287 e. The highest BCUT2D eigenvalue weighted by Crippen LogP contribution is 2.39. The van der Waals surface area contributed by atoms with Gasteiger partial charge >= 0.3 is 0 Å². The van der Waals surface area contributed by atoms with Crippen LogP contribution in [0.5, 0.6) is 11.5 Å². The van der Waals surface area contributed by atoms with Gasteiger partial charge in [0.2, 0.25) is 11.8 Å². The summed E-state index contributed by atoms with van der Waals surface area (Å²) in [6, 6.07) is 7.37. The van der Waals surface area contributed by atoms with Crippen molar-refractivity contribution >= 4 is 40.3 Å². The van der Waals surface area contributed by atoms with Crippen molar-refractivity contribution in [1.82, 2.24) is 25.0 Å². The highest BCUT2D eigenvalue weighted by molar-refractivity contribution is 6.06. The average molecular weight is 747 g/mol. The summed E-state index contributed by atoms with van der Waals surface area (Å²) in [7, 11) is 8.46. The molecule has 2 saturated heterocycles. The first-order chi connectivity index (χ1) is 25.7. The third-order valence-corrected chi connectivity index (χ3v) is 10.2. The number of piperidine rings is 2. The molecule has 7 rings (SSSR count). The number of methoxy groups -OCH3 is 2. The van der Waals surface area contributed by atoms with Gasteiger partial charge in [0.1, 0.15) is 23.1 Å². The van der Waals surface area contributed by atoms with Gasteiger partial charge < -0.3 is 38.5 Å². The van der Waals surface area contributed by atoms with E-state index in [0.29, 0.717) is 46.0 Å². The number of rotatable bonds is 9. The van der Waals surface area contributed by atoms with Gasteiger partial charge in [0, 0.05) is 62.2 Å². The van der Waals surface area contributed by atoms with Crippen LogP contribution in [0.1, 0.15) is 51.3 Å². The van der Waals surface area contributed by atoms with E-state index in [-0.39, 0.29) is 55.0 Å². The fourth-order valence-corrected chi connectivity index (χ4v) is 7.49. The lowest BCUT2D eigenvalue weighted by atomic mass is 9.99. The van der Waals surface area contributed by atoms with Crippen molar-refractivity contribution in [3.8, 4) is 22.6 Å². The SMILES string of the molecule is COc1cc(-c2cn(C)c(=O)c3cc(C(=O)NC4CCN(c5ccc6c(c5)C(=O)N(C5CCC(=O)NC5=O)C6)CC4(F)F)oc23)cc(OC)c1CN(C)C. The zero-order chi connectivity index (χ0) is 38.6. The van der Waals surface area contributed by atoms with E-state index in [1.165, 1.54) is 34.7 Å². The Bertz CT molecular complexity index is 2240. The molecule has 284 valence electrons. The van der Waals surface area contributed by atoms with E-state index in [9.17, 15) is 24.0 Å². The van der Waals surface area contributed by atoms with E-state index in [1.54, 1.807) is 43.6 Å². The Morgan fingerprint density at radius 2 is 1.76 bits per heavy atom. The van der Waals surface area contributed by atoms with Crippen molar-refractivity contribution in [3.05, 3.63) is 75.4 Å². The Kier molecular flexibility index (Phi) is 9.41. The van der Waals surface area contributed by atoms with E-state index < -0.39 is 47.8 Å². The number of carbonyl (C=O) groups excluding carboxylic acids is 4. The monoisotopic (exact) mass is 746 g/mol. The molecule has 2 N–H and O–H groups in total. The molecule has 4 amide bonds. The number of aryl methyl sites for hydroxylation is 1. The third-order valence-electron chi connectivity index (χ3n) is 10.2. The summed E-state index contributed by atoms with van der Waals surface area (Å²) in [6.07, 6.45) is 1.77. The molecular weight excluding hydrogens is 706 g/mol. The minimum Gasteiger partial charge on any atom is -0.496 e. The molecule has 0 spiro atoms. The topological polar surface area (TPSA) is 156 Å². The molecule has 14 nitrogen and oxygen atoms in total. The number of halogens is 2. The van der Waals surface area contributed by atoms with Crippen LogP contribution in [0.4, 0.5) is 14.5 Å². The molecule has 2 aromatic carbocycles. The molecule has 54 heavy (non-hydrogen) atoms. The lowest BCUT2D eigenvalue weighted by Gasteiger charge is -2.39. The van der Waals surface area contributed by atoms with Crippen LogP contribution in [0.2, 0.25) is 0 Å². The number of hydrogen-bond acceptors (Lipinski definition) is 10. The molecule has 3 aliphatic rings. The molecule has 2 fully saturated rings. The summed E-state index contributed by atoms with van der Waals surface area (Å²) in [6.45, 7) is 0.108. The molecule has 2 atom stereocenters. The van der Waals surface area contributed by atoms with Crippen LogP contribution < -0.4 is 30.6 Å². The first-order valence-corrected chi connectivity index (χ1v) is 17.4. The molecule has 4 aromatic rings. The Hall–Kier alpha value is -5.77. The van der Waals surface area contributed by atoms with Gasteiger partial charge in [-0.3, -0.25) is 29.3 Å². The van der Waals surface area contributed by atoms with Crippen molar-refractivity contribution in [2.75, 3.05) is 46.3 Å². The van der Waals surface area contributed by atoms with Crippen LogP contribution >= 0.6 is 0 Å². The molecule has 3 aliphatic heterocycles. The molecule has 2 aromatic heterocycles.